The summed E-state index contributed by atoms with van der Waals surface area (Å²) < 4.78 is 2.04. The standard InChI is InChI=1S/C25H28N4O2/c1-2-18-9-11-20(12-10-18)28-16-19(15-23(28)30)25-26-21-7-3-4-8-22(21)29(25)17-24(31)27-13-5-6-14-27/h3-4,7-12,19H,2,5-6,13-17H2,1H3. The minimum Gasteiger partial charge on any atom is -0.341 e. The maximum absolute atomic E-state index is 12.9. The van der Waals surface area contributed by atoms with Gasteiger partial charge in [-0.15, -0.1) is 0 Å². The van der Waals surface area contributed by atoms with Gasteiger partial charge in [-0.2, -0.15) is 0 Å². The summed E-state index contributed by atoms with van der Waals surface area (Å²) in [5.74, 6) is 1.06. The topological polar surface area (TPSA) is 58.4 Å². The molecule has 5 rings (SSSR count). The predicted molar refractivity (Wildman–Crippen MR) is 121 cm³/mol. The number of aryl methyl sites for hydroxylation is 1. The molecule has 0 aliphatic carbocycles. The molecule has 2 aromatic carbocycles. The molecule has 1 unspecified atom stereocenters. The fourth-order valence-corrected chi connectivity index (χ4v) is 4.82. The molecule has 3 aromatic rings. The molecular formula is C25H28N4O2. The Labute approximate surface area is 182 Å². The maximum atomic E-state index is 12.9. The van der Waals surface area contributed by atoms with Crippen molar-refractivity contribution < 1.29 is 9.59 Å². The van der Waals surface area contributed by atoms with Crippen molar-refractivity contribution in [2.75, 3.05) is 24.5 Å². The lowest BCUT2D eigenvalue weighted by atomic mass is 10.1. The number of nitrogens with zero attached hydrogens (tertiary/aromatic N) is 4. The minimum absolute atomic E-state index is 0.0304. The van der Waals surface area contributed by atoms with Crippen LogP contribution in [0, 0.1) is 0 Å². The van der Waals surface area contributed by atoms with Crippen LogP contribution in [0.25, 0.3) is 11.0 Å². The maximum Gasteiger partial charge on any atom is 0.242 e. The van der Waals surface area contributed by atoms with Gasteiger partial charge in [-0.3, -0.25) is 9.59 Å². The number of amides is 2. The van der Waals surface area contributed by atoms with Gasteiger partial charge in [-0.05, 0) is 49.1 Å². The Morgan fingerprint density at radius 1 is 1.06 bits per heavy atom. The first-order chi connectivity index (χ1) is 15.1. The van der Waals surface area contributed by atoms with Gasteiger partial charge in [0.25, 0.3) is 0 Å². The molecule has 2 amide bonds. The number of fused-ring (bicyclic) bond motifs is 1. The Bertz CT molecular complexity index is 1110. The lowest BCUT2D eigenvalue weighted by Gasteiger charge is -2.19. The second-order valence-electron chi connectivity index (χ2n) is 8.56. The van der Waals surface area contributed by atoms with E-state index in [0.717, 1.165) is 54.9 Å². The highest BCUT2D eigenvalue weighted by Gasteiger charge is 2.35. The van der Waals surface area contributed by atoms with Crippen molar-refractivity contribution in [3.05, 3.63) is 59.9 Å². The summed E-state index contributed by atoms with van der Waals surface area (Å²) in [5.41, 5.74) is 4.03. The second kappa shape index (κ2) is 8.17. The zero-order valence-electron chi connectivity index (χ0n) is 18.0. The first-order valence-electron chi connectivity index (χ1n) is 11.3. The Morgan fingerprint density at radius 2 is 1.81 bits per heavy atom. The molecule has 160 valence electrons. The lowest BCUT2D eigenvalue weighted by Crippen LogP contribution is -2.32. The van der Waals surface area contributed by atoms with Crippen molar-refractivity contribution >= 4 is 28.5 Å². The quantitative estimate of drug-likeness (QED) is 0.637. The van der Waals surface area contributed by atoms with E-state index in [9.17, 15) is 9.59 Å². The van der Waals surface area contributed by atoms with Crippen LogP contribution in [0.4, 0.5) is 5.69 Å². The summed E-state index contributed by atoms with van der Waals surface area (Å²) in [6.45, 7) is 4.67. The fourth-order valence-electron chi connectivity index (χ4n) is 4.82. The first-order valence-corrected chi connectivity index (χ1v) is 11.3. The normalized spacial score (nSPS) is 19.0. The van der Waals surface area contributed by atoms with Gasteiger partial charge in [-0.25, -0.2) is 4.98 Å². The van der Waals surface area contributed by atoms with Gasteiger partial charge in [-0.1, -0.05) is 31.2 Å². The van der Waals surface area contributed by atoms with Crippen molar-refractivity contribution in [2.45, 2.75) is 45.1 Å². The summed E-state index contributed by atoms with van der Waals surface area (Å²) in [6.07, 6.45) is 3.54. The summed E-state index contributed by atoms with van der Waals surface area (Å²) in [6, 6.07) is 16.2. The van der Waals surface area contributed by atoms with E-state index in [2.05, 4.69) is 19.1 Å². The molecule has 2 saturated heterocycles. The summed E-state index contributed by atoms with van der Waals surface area (Å²) in [5, 5.41) is 0. The van der Waals surface area contributed by atoms with E-state index in [4.69, 9.17) is 4.98 Å². The molecule has 6 heteroatoms. The highest BCUT2D eigenvalue weighted by molar-refractivity contribution is 5.96. The van der Waals surface area contributed by atoms with E-state index in [1.165, 1.54) is 5.56 Å². The Hall–Kier alpha value is -3.15. The fraction of sp³-hybridized carbons (Fsp3) is 0.400. The van der Waals surface area contributed by atoms with Crippen LogP contribution in [0.1, 0.15) is 43.5 Å². The van der Waals surface area contributed by atoms with Crippen molar-refractivity contribution in [3.8, 4) is 0 Å². The van der Waals surface area contributed by atoms with Crippen molar-refractivity contribution in [1.82, 2.24) is 14.5 Å². The number of hydrogen-bond acceptors (Lipinski definition) is 3. The van der Waals surface area contributed by atoms with Crippen LogP contribution in [-0.4, -0.2) is 45.9 Å². The molecule has 1 aromatic heterocycles. The molecule has 0 N–H and O–H groups in total. The Morgan fingerprint density at radius 3 is 2.55 bits per heavy atom. The van der Waals surface area contributed by atoms with Gasteiger partial charge in [0.2, 0.25) is 11.8 Å². The van der Waals surface area contributed by atoms with Crippen LogP contribution in [0.2, 0.25) is 0 Å². The molecule has 2 aliphatic rings. The van der Waals surface area contributed by atoms with Gasteiger partial charge in [0.05, 0.1) is 11.0 Å². The van der Waals surface area contributed by atoms with Gasteiger partial charge >= 0.3 is 0 Å². The van der Waals surface area contributed by atoms with Crippen LogP contribution in [0.3, 0.4) is 0 Å². The molecule has 6 nitrogen and oxygen atoms in total. The zero-order valence-corrected chi connectivity index (χ0v) is 18.0. The van der Waals surface area contributed by atoms with E-state index in [-0.39, 0.29) is 24.3 Å². The molecule has 2 aliphatic heterocycles. The van der Waals surface area contributed by atoms with E-state index >= 15 is 0 Å². The molecular weight excluding hydrogens is 388 g/mol. The highest BCUT2D eigenvalue weighted by atomic mass is 16.2. The van der Waals surface area contributed by atoms with Crippen LogP contribution >= 0.6 is 0 Å². The molecule has 2 fully saturated rings. The third-order valence-electron chi connectivity index (χ3n) is 6.58. The Balaban J connectivity index is 1.45. The second-order valence-corrected chi connectivity index (χ2v) is 8.56. The van der Waals surface area contributed by atoms with Crippen LogP contribution in [0.15, 0.2) is 48.5 Å². The summed E-state index contributed by atoms with van der Waals surface area (Å²) in [4.78, 5) is 34.5. The Kier molecular flexibility index (Phi) is 5.22. The monoisotopic (exact) mass is 416 g/mol. The third kappa shape index (κ3) is 3.71. The van der Waals surface area contributed by atoms with E-state index in [1.807, 2.05) is 50.8 Å². The number of benzene rings is 2. The molecule has 0 saturated carbocycles. The van der Waals surface area contributed by atoms with Crippen LogP contribution in [-0.2, 0) is 22.6 Å². The lowest BCUT2D eigenvalue weighted by molar-refractivity contribution is -0.130. The predicted octanol–water partition coefficient (Wildman–Crippen LogP) is 3.74. The smallest absolute Gasteiger partial charge is 0.242 e. The number of para-hydroxylation sites is 2. The van der Waals surface area contributed by atoms with Gasteiger partial charge in [0, 0.05) is 37.7 Å². The van der Waals surface area contributed by atoms with Crippen molar-refractivity contribution in [3.63, 3.8) is 0 Å². The van der Waals surface area contributed by atoms with Crippen LogP contribution in [0.5, 0.6) is 0 Å². The first kappa shape index (κ1) is 19.8. The number of aromatic nitrogens is 2. The number of carbonyl (C=O) groups is 2. The number of imidazole rings is 1. The largest absolute Gasteiger partial charge is 0.341 e. The number of anilines is 1. The van der Waals surface area contributed by atoms with Gasteiger partial charge < -0.3 is 14.4 Å². The molecule has 31 heavy (non-hydrogen) atoms. The van der Waals surface area contributed by atoms with E-state index < -0.39 is 0 Å². The van der Waals surface area contributed by atoms with E-state index in [0.29, 0.717) is 13.0 Å². The van der Waals surface area contributed by atoms with Crippen molar-refractivity contribution in [2.24, 2.45) is 0 Å². The van der Waals surface area contributed by atoms with Crippen LogP contribution < -0.4 is 4.90 Å². The molecule has 0 spiro atoms. The van der Waals surface area contributed by atoms with Crippen molar-refractivity contribution in [1.29, 1.82) is 0 Å². The summed E-state index contributed by atoms with van der Waals surface area (Å²) in [7, 11) is 0. The summed E-state index contributed by atoms with van der Waals surface area (Å²) >= 11 is 0. The third-order valence-corrected chi connectivity index (χ3v) is 6.58. The number of likely N-dealkylation sites (tertiary alicyclic amines) is 1. The average molecular weight is 417 g/mol. The molecule has 3 heterocycles. The van der Waals surface area contributed by atoms with E-state index in [1.54, 1.807) is 0 Å². The molecule has 0 radical (unpaired) electrons. The molecule has 1 atom stereocenters. The highest BCUT2D eigenvalue weighted by Crippen LogP contribution is 2.33. The van der Waals surface area contributed by atoms with Gasteiger partial charge in [0.15, 0.2) is 0 Å². The SMILES string of the molecule is CCc1ccc(N2CC(c3nc4ccccc4n3CC(=O)N3CCCC3)CC2=O)cc1. The average Bonchev–Trinajstić information content (AvgIpc) is 3.53. The number of rotatable bonds is 5. The zero-order chi connectivity index (χ0) is 21.4. The number of carbonyl (C=O) groups excluding carboxylic acids is 2. The minimum atomic E-state index is -0.0304. The number of hydrogen-bond donors (Lipinski definition) is 0. The van der Waals surface area contributed by atoms with Gasteiger partial charge in [0.1, 0.15) is 12.4 Å². The molecule has 0 bridgehead atoms.